The lowest BCUT2D eigenvalue weighted by atomic mass is 10.0. The molecule has 2 aliphatic heterocycles. The van der Waals surface area contributed by atoms with Gasteiger partial charge in [-0.1, -0.05) is 20.3 Å². The summed E-state index contributed by atoms with van der Waals surface area (Å²) < 4.78 is 34.5. The van der Waals surface area contributed by atoms with E-state index in [4.69, 9.17) is 4.74 Å². The van der Waals surface area contributed by atoms with Gasteiger partial charge in [-0.2, -0.15) is 0 Å². The fourth-order valence-corrected chi connectivity index (χ4v) is 3.64. The van der Waals surface area contributed by atoms with Gasteiger partial charge in [0.25, 0.3) is 5.92 Å². The maximum absolute atomic E-state index is 14.0. The minimum Gasteiger partial charge on any atom is -0.466 e. The number of carbonyl (C=O) groups is 2. The van der Waals surface area contributed by atoms with Crippen molar-refractivity contribution in [1.29, 1.82) is 0 Å². The fraction of sp³-hybridized carbons (Fsp3) is 0.619. The summed E-state index contributed by atoms with van der Waals surface area (Å²) in [6.07, 6.45) is 4.07. The number of hydrogen-bond donors (Lipinski definition) is 1. The molecule has 0 aliphatic carbocycles. The summed E-state index contributed by atoms with van der Waals surface area (Å²) >= 11 is 0. The van der Waals surface area contributed by atoms with Gasteiger partial charge >= 0.3 is 5.97 Å². The molecule has 0 saturated carbocycles. The SMILES string of the molecule is CCC.COC(=O)C1=C(CN2CC(F)(F)CC2C(C)=O)NC(c2nccn2C)=NC1C. The van der Waals surface area contributed by atoms with E-state index in [2.05, 4.69) is 29.1 Å². The highest BCUT2D eigenvalue weighted by Crippen LogP contribution is 2.33. The monoisotopic (exact) mass is 439 g/mol. The van der Waals surface area contributed by atoms with E-state index in [-0.39, 0.29) is 17.9 Å². The van der Waals surface area contributed by atoms with Crippen molar-refractivity contribution in [3.63, 3.8) is 0 Å². The number of likely N-dealkylation sites (tertiary alicyclic amines) is 1. The van der Waals surface area contributed by atoms with Gasteiger partial charge in [0.15, 0.2) is 11.7 Å². The van der Waals surface area contributed by atoms with Gasteiger partial charge in [0.2, 0.25) is 0 Å². The van der Waals surface area contributed by atoms with Crippen molar-refractivity contribution in [2.75, 3.05) is 20.2 Å². The zero-order valence-corrected chi connectivity index (χ0v) is 18.9. The van der Waals surface area contributed by atoms with E-state index in [1.807, 2.05) is 0 Å². The Hall–Kier alpha value is -2.62. The molecule has 1 aromatic rings. The second-order valence-corrected chi connectivity index (χ2v) is 7.82. The molecule has 2 atom stereocenters. The van der Waals surface area contributed by atoms with Gasteiger partial charge in [0.05, 0.1) is 31.3 Å². The number of ether oxygens (including phenoxy) is 1. The summed E-state index contributed by atoms with van der Waals surface area (Å²) in [7, 11) is 3.04. The summed E-state index contributed by atoms with van der Waals surface area (Å²) in [5.74, 6) is -2.92. The molecule has 1 saturated heterocycles. The number of Topliss-reactive ketones (excluding diaryl/α,β-unsaturated/α-hetero) is 1. The number of nitrogens with zero attached hydrogens (tertiary/aromatic N) is 4. The lowest BCUT2D eigenvalue weighted by molar-refractivity contribution is -0.136. The summed E-state index contributed by atoms with van der Waals surface area (Å²) in [5, 5.41) is 3.05. The number of imidazole rings is 1. The highest BCUT2D eigenvalue weighted by molar-refractivity contribution is 6.01. The van der Waals surface area contributed by atoms with Gasteiger partial charge in [-0.15, -0.1) is 0 Å². The second-order valence-electron chi connectivity index (χ2n) is 7.82. The van der Waals surface area contributed by atoms with E-state index < -0.39 is 36.9 Å². The van der Waals surface area contributed by atoms with Crippen molar-refractivity contribution < 1.29 is 23.1 Å². The summed E-state index contributed by atoms with van der Waals surface area (Å²) in [6, 6.07) is -1.47. The number of halogens is 2. The molecule has 0 radical (unpaired) electrons. The predicted octanol–water partition coefficient (Wildman–Crippen LogP) is 2.30. The number of nitrogens with one attached hydrogen (secondary N) is 1. The highest BCUT2D eigenvalue weighted by Gasteiger charge is 2.47. The molecule has 0 bridgehead atoms. The van der Waals surface area contributed by atoms with Crippen LogP contribution in [0.4, 0.5) is 8.78 Å². The van der Waals surface area contributed by atoms with Gasteiger partial charge in [-0.05, 0) is 13.8 Å². The van der Waals surface area contributed by atoms with Crippen LogP contribution < -0.4 is 5.32 Å². The fourth-order valence-electron chi connectivity index (χ4n) is 3.64. The number of rotatable bonds is 5. The van der Waals surface area contributed by atoms with Crippen LogP contribution in [0.3, 0.4) is 0 Å². The van der Waals surface area contributed by atoms with Crippen molar-refractivity contribution in [3.8, 4) is 0 Å². The molecular weight excluding hydrogens is 408 g/mol. The largest absolute Gasteiger partial charge is 0.466 e. The van der Waals surface area contributed by atoms with Gasteiger partial charge in [0, 0.05) is 38.1 Å². The van der Waals surface area contributed by atoms with Crippen molar-refractivity contribution in [1.82, 2.24) is 19.8 Å². The number of ketones is 1. The summed E-state index contributed by atoms with van der Waals surface area (Å²) in [6.45, 7) is 6.68. The summed E-state index contributed by atoms with van der Waals surface area (Å²) in [5.41, 5.74) is 0.634. The first kappa shape index (κ1) is 24.6. The molecule has 0 amide bonds. The van der Waals surface area contributed by atoms with Crippen LogP contribution >= 0.6 is 0 Å². The van der Waals surface area contributed by atoms with Crippen LogP contribution in [0.15, 0.2) is 28.7 Å². The Morgan fingerprint density at radius 2 is 2.00 bits per heavy atom. The Kier molecular flexibility index (Phi) is 8.05. The molecule has 3 rings (SSSR count). The van der Waals surface area contributed by atoms with Crippen LogP contribution in [0.25, 0.3) is 0 Å². The molecule has 1 N–H and O–H groups in total. The third-order valence-corrected chi connectivity index (χ3v) is 4.97. The summed E-state index contributed by atoms with van der Waals surface area (Å²) in [4.78, 5) is 34.3. The molecule has 2 unspecified atom stereocenters. The molecule has 1 fully saturated rings. The van der Waals surface area contributed by atoms with E-state index >= 15 is 0 Å². The molecule has 1 aromatic heterocycles. The molecule has 0 spiro atoms. The smallest absolute Gasteiger partial charge is 0.337 e. The lowest BCUT2D eigenvalue weighted by Crippen LogP contribution is -2.44. The second kappa shape index (κ2) is 10.1. The van der Waals surface area contributed by atoms with Crippen molar-refractivity contribution >= 4 is 17.6 Å². The molecule has 172 valence electrons. The van der Waals surface area contributed by atoms with Gasteiger partial charge < -0.3 is 14.6 Å². The normalized spacial score (nSPS) is 22.9. The van der Waals surface area contributed by atoms with Gasteiger partial charge in [0.1, 0.15) is 5.78 Å². The Morgan fingerprint density at radius 3 is 2.52 bits per heavy atom. The number of aryl methyl sites for hydroxylation is 1. The van der Waals surface area contributed by atoms with Gasteiger partial charge in [-0.3, -0.25) is 14.7 Å². The maximum atomic E-state index is 14.0. The highest BCUT2D eigenvalue weighted by atomic mass is 19.3. The van der Waals surface area contributed by atoms with Gasteiger partial charge in [-0.25, -0.2) is 18.6 Å². The Labute approximate surface area is 181 Å². The minimum atomic E-state index is -2.96. The number of aromatic nitrogens is 2. The van der Waals surface area contributed by atoms with Crippen molar-refractivity contribution in [3.05, 3.63) is 29.5 Å². The zero-order chi connectivity index (χ0) is 23.3. The first-order valence-electron chi connectivity index (χ1n) is 10.3. The maximum Gasteiger partial charge on any atom is 0.337 e. The van der Waals surface area contributed by atoms with E-state index in [1.54, 1.807) is 30.9 Å². The Balaban J connectivity index is 0.00000107. The first-order valence-corrected chi connectivity index (χ1v) is 10.3. The average Bonchev–Trinajstić information content (AvgIpc) is 3.24. The van der Waals surface area contributed by atoms with Crippen molar-refractivity contribution in [2.24, 2.45) is 12.0 Å². The molecule has 2 aliphatic rings. The number of carbonyl (C=O) groups excluding carboxylic acids is 2. The van der Waals surface area contributed by atoms with Crippen molar-refractivity contribution in [2.45, 2.75) is 58.5 Å². The zero-order valence-electron chi connectivity index (χ0n) is 18.9. The lowest BCUT2D eigenvalue weighted by Gasteiger charge is -2.29. The number of alkyl halides is 2. The van der Waals surface area contributed by atoms with E-state index in [1.165, 1.54) is 25.4 Å². The number of methoxy groups -OCH3 is 1. The predicted molar refractivity (Wildman–Crippen MR) is 113 cm³/mol. The van der Waals surface area contributed by atoms with Crippen LogP contribution in [0.1, 0.15) is 46.4 Å². The topological polar surface area (TPSA) is 88.8 Å². The molecule has 31 heavy (non-hydrogen) atoms. The third kappa shape index (κ3) is 5.75. The number of amidine groups is 1. The van der Waals surface area contributed by atoms with Crippen LogP contribution in [0, 0.1) is 0 Å². The molecule has 0 aromatic carbocycles. The van der Waals surface area contributed by atoms with Crippen LogP contribution in [0.2, 0.25) is 0 Å². The molecule has 8 nitrogen and oxygen atoms in total. The minimum absolute atomic E-state index is 0.0297. The molecular formula is C21H31F2N5O3. The van der Waals surface area contributed by atoms with E-state index in [0.29, 0.717) is 17.4 Å². The van der Waals surface area contributed by atoms with Crippen LogP contribution in [0.5, 0.6) is 0 Å². The number of hydrogen-bond acceptors (Lipinski definition) is 7. The molecule has 3 heterocycles. The number of esters is 1. The quantitative estimate of drug-likeness (QED) is 0.709. The number of aliphatic imine (C=N–C) groups is 1. The molecule has 10 heteroatoms. The van der Waals surface area contributed by atoms with Crippen LogP contribution in [-0.4, -0.2) is 70.2 Å². The Morgan fingerprint density at radius 1 is 1.35 bits per heavy atom. The third-order valence-electron chi connectivity index (χ3n) is 4.97. The average molecular weight is 440 g/mol. The standard InChI is InChI=1S/C18H23F2N5O3.C3H8/c1-10-14(17(27)28-4)12(23-15(22-10)16-21-5-6-24(16)3)8-25-9-18(19,20)7-13(25)11(2)26;1-3-2/h5-6,10,13H,7-9H2,1-4H3,(H,22,23);3H2,1-2H3. The van der Waals surface area contributed by atoms with E-state index in [9.17, 15) is 18.4 Å². The van der Waals surface area contributed by atoms with Crippen LogP contribution in [-0.2, 0) is 21.4 Å². The van der Waals surface area contributed by atoms with E-state index in [0.717, 1.165) is 0 Å². The first-order chi connectivity index (χ1) is 14.5. The Bertz CT molecular complexity index is 878.